The molecule has 4 nitrogen and oxygen atoms in total. The Bertz CT molecular complexity index is 708. The number of amides is 1. The maximum absolute atomic E-state index is 12.3. The zero-order valence-electron chi connectivity index (χ0n) is 15.6. The van der Waals surface area contributed by atoms with Gasteiger partial charge in [0.15, 0.2) is 6.10 Å². The molecule has 0 aliphatic rings. The summed E-state index contributed by atoms with van der Waals surface area (Å²) in [5.74, 6) is 1.44. The number of ether oxygens (including phenoxy) is 2. The first-order valence-electron chi connectivity index (χ1n) is 8.63. The standard InChI is InChI=1S/C21H27NO3/c1-14(2)24-19-11-9-18(10-12-19)13-22-21(23)17(5)25-20-8-6-7-15(3)16(20)4/h6-12,14,17H,13H2,1-5H3,(H,22,23). The molecule has 1 unspecified atom stereocenters. The third kappa shape index (κ3) is 5.52. The van der Waals surface area contributed by atoms with E-state index in [4.69, 9.17) is 9.47 Å². The lowest BCUT2D eigenvalue weighted by Crippen LogP contribution is -2.36. The predicted molar refractivity (Wildman–Crippen MR) is 100 cm³/mol. The molecule has 134 valence electrons. The van der Waals surface area contributed by atoms with E-state index >= 15 is 0 Å². The van der Waals surface area contributed by atoms with Gasteiger partial charge in [0, 0.05) is 6.54 Å². The molecule has 2 aromatic rings. The Kier molecular flexibility index (Phi) is 6.45. The summed E-state index contributed by atoms with van der Waals surface area (Å²) in [4.78, 5) is 12.3. The van der Waals surface area contributed by atoms with Crippen molar-refractivity contribution >= 4 is 5.91 Å². The van der Waals surface area contributed by atoms with Gasteiger partial charge in [-0.25, -0.2) is 0 Å². The molecule has 0 aliphatic carbocycles. The normalized spacial score (nSPS) is 11.9. The molecule has 0 radical (unpaired) electrons. The second-order valence-electron chi connectivity index (χ2n) is 6.49. The summed E-state index contributed by atoms with van der Waals surface area (Å²) in [7, 11) is 0. The zero-order valence-corrected chi connectivity index (χ0v) is 15.6. The second-order valence-corrected chi connectivity index (χ2v) is 6.49. The van der Waals surface area contributed by atoms with Gasteiger partial charge >= 0.3 is 0 Å². The topological polar surface area (TPSA) is 47.6 Å². The van der Waals surface area contributed by atoms with E-state index in [1.54, 1.807) is 6.92 Å². The van der Waals surface area contributed by atoms with Crippen LogP contribution in [0.1, 0.15) is 37.5 Å². The van der Waals surface area contributed by atoms with E-state index in [1.165, 1.54) is 0 Å². The van der Waals surface area contributed by atoms with Crippen molar-refractivity contribution in [2.45, 2.75) is 53.4 Å². The van der Waals surface area contributed by atoms with Gasteiger partial charge in [0.25, 0.3) is 5.91 Å². The van der Waals surface area contributed by atoms with Crippen LogP contribution in [0.3, 0.4) is 0 Å². The fourth-order valence-corrected chi connectivity index (χ4v) is 2.39. The molecule has 0 aromatic heterocycles. The van der Waals surface area contributed by atoms with Gasteiger partial charge in [-0.05, 0) is 69.5 Å². The second kappa shape index (κ2) is 8.56. The van der Waals surface area contributed by atoms with Crippen LogP contribution in [0.5, 0.6) is 11.5 Å². The Morgan fingerprint density at radius 2 is 1.68 bits per heavy atom. The summed E-state index contributed by atoms with van der Waals surface area (Å²) >= 11 is 0. The highest BCUT2D eigenvalue weighted by Crippen LogP contribution is 2.21. The number of hydrogen-bond acceptors (Lipinski definition) is 3. The van der Waals surface area contributed by atoms with Crippen LogP contribution in [0.4, 0.5) is 0 Å². The van der Waals surface area contributed by atoms with Gasteiger partial charge in [-0.2, -0.15) is 0 Å². The summed E-state index contributed by atoms with van der Waals surface area (Å²) in [5.41, 5.74) is 3.22. The van der Waals surface area contributed by atoms with Crippen molar-refractivity contribution < 1.29 is 14.3 Å². The molecular weight excluding hydrogens is 314 g/mol. The zero-order chi connectivity index (χ0) is 18.4. The molecule has 0 heterocycles. The number of aryl methyl sites for hydroxylation is 1. The molecule has 0 aliphatic heterocycles. The Hall–Kier alpha value is -2.49. The third-order valence-electron chi connectivity index (χ3n) is 3.99. The maximum Gasteiger partial charge on any atom is 0.261 e. The smallest absolute Gasteiger partial charge is 0.261 e. The number of carbonyl (C=O) groups is 1. The highest BCUT2D eigenvalue weighted by molar-refractivity contribution is 5.80. The van der Waals surface area contributed by atoms with E-state index in [0.29, 0.717) is 6.54 Å². The Morgan fingerprint density at radius 3 is 2.32 bits per heavy atom. The van der Waals surface area contributed by atoms with Crippen LogP contribution in [-0.2, 0) is 11.3 Å². The van der Waals surface area contributed by atoms with Crippen LogP contribution in [0, 0.1) is 13.8 Å². The predicted octanol–water partition coefficient (Wildman–Crippen LogP) is 4.17. The Labute approximate surface area is 150 Å². The van der Waals surface area contributed by atoms with Gasteiger partial charge in [-0.3, -0.25) is 4.79 Å². The molecule has 0 fully saturated rings. The molecule has 0 saturated carbocycles. The number of nitrogens with one attached hydrogen (secondary N) is 1. The average Bonchev–Trinajstić information content (AvgIpc) is 2.57. The summed E-state index contributed by atoms with van der Waals surface area (Å²) in [6.07, 6.45) is -0.405. The van der Waals surface area contributed by atoms with Crippen molar-refractivity contribution in [2.75, 3.05) is 0 Å². The van der Waals surface area contributed by atoms with E-state index in [-0.39, 0.29) is 12.0 Å². The van der Waals surface area contributed by atoms with Crippen molar-refractivity contribution in [1.29, 1.82) is 0 Å². The monoisotopic (exact) mass is 341 g/mol. The van der Waals surface area contributed by atoms with Crippen LogP contribution < -0.4 is 14.8 Å². The first kappa shape index (κ1) is 18.8. The lowest BCUT2D eigenvalue weighted by atomic mass is 10.1. The fraction of sp³-hybridized carbons (Fsp3) is 0.381. The Morgan fingerprint density at radius 1 is 1.00 bits per heavy atom. The number of hydrogen-bond donors (Lipinski definition) is 1. The molecule has 2 rings (SSSR count). The highest BCUT2D eigenvalue weighted by Gasteiger charge is 2.15. The van der Waals surface area contributed by atoms with Gasteiger partial charge in [0.2, 0.25) is 0 Å². The molecule has 0 spiro atoms. The molecule has 0 bridgehead atoms. The van der Waals surface area contributed by atoms with E-state index in [9.17, 15) is 4.79 Å². The van der Waals surface area contributed by atoms with Crippen molar-refractivity contribution in [3.8, 4) is 11.5 Å². The van der Waals surface area contributed by atoms with Crippen LogP contribution in [0.15, 0.2) is 42.5 Å². The highest BCUT2D eigenvalue weighted by atomic mass is 16.5. The van der Waals surface area contributed by atoms with Crippen molar-refractivity contribution in [3.05, 3.63) is 59.2 Å². The minimum atomic E-state index is -0.552. The van der Waals surface area contributed by atoms with Gasteiger partial charge < -0.3 is 14.8 Å². The van der Waals surface area contributed by atoms with Crippen molar-refractivity contribution in [1.82, 2.24) is 5.32 Å². The number of carbonyl (C=O) groups excluding carboxylic acids is 1. The van der Waals surface area contributed by atoms with Crippen LogP contribution in [0.25, 0.3) is 0 Å². The van der Waals surface area contributed by atoms with Crippen LogP contribution in [0.2, 0.25) is 0 Å². The quantitative estimate of drug-likeness (QED) is 0.822. The SMILES string of the molecule is Cc1cccc(OC(C)C(=O)NCc2ccc(OC(C)C)cc2)c1C. The summed E-state index contributed by atoms with van der Waals surface area (Å²) in [5, 5.41) is 2.91. The summed E-state index contributed by atoms with van der Waals surface area (Å²) < 4.78 is 11.4. The van der Waals surface area contributed by atoms with Gasteiger partial charge in [-0.15, -0.1) is 0 Å². The minimum absolute atomic E-state index is 0.136. The first-order chi connectivity index (χ1) is 11.9. The van der Waals surface area contributed by atoms with Crippen molar-refractivity contribution in [2.24, 2.45) is 0 Å². The van der Waals surface area contributed by atoms with Gasteiger partial charge in [-0.1, -0.05) is 24.3 Å². The number of rotatable bonds is 7. The van der Waals surface area contributed by atoms with E-state index in [0.717, 1.165) is 28.2 Å². The molecule has 1 amide bonds. The Balaban J connectivity index is 1.88. The molecule has 0 saturated heterocycles. The summed E-state index contributed by atoms with van der Waals surface area (Å²) in [6, 6.07) is 13.6. The lowest BCUT2D eigenvalue weighted by Gasteiger charge is -2.17. The first-order valence-corrected chi connectivity index (χ1v) is 8.63. The summed E-state index contributed by atoms with van der Waals surface area (Å²) in [6.45, 7) is 10.2. The molecule has 1 atom stereocenters. The average molecular weight is 341 g/mol. The third-order valence-corrected chi connectivity index (χ3v) is 3.99. The molecule has 2 aromatic carbocycles. The maximum atomic E-state index is 12.3. The molecule has 1 N–H and O–H groups in total. The van der Waals surface area contributed by atoms with Crippen molar-refractivity contribution in [3.63, 3.8) is 0 Å². The van der Waals surface area contributed by atoms with Gasteiger partial charge in [0.05, 0.1) is 6.10 Å². The minimum Gasteiger partial charge on any atom is -0.491 e. The largest absolute Gasteiger partial charge is 0.491 e. The van der Waals surface area contributed by atoms with Crippen LogP contribution >= 0.6 is 0 Å². The number of benzene rings is 2. The van der Waals surface area contributed by atoms with Crippen LogP contribution in [-0.4, -0.2) is 18.1 Å². The lowest BCUT2D eigenvalue weighted by molar-refractivity contribution is -0.127. The fourth-order valence-electron chi connectivity index (χ4n) is 2.39. The molecule has 4 heteroatoms. The molecular formula is C21H27NO3. The van der Waals surface area contributed by atoms with E-state index < -0.39 is 6.10 Å². The van der Waals surface area contributed by atoms with E-state index in [2.05, 4.69) is 5.32 Å². The van der Waals surface area contributed by atoms with E-state index in [1.807, 2.05) is 70.2 Å². The molecule has 25 heavy (non-hydrogen) atoms. The van der Waals surface area contributed by atoms with Gasteiger partial charge in [0.1, 0.15) is 11.5 Å².